The van der Waals surface area contributed by atoms with Crippen LogP contribution in [0.2, 0.25) is 0 Å². The molecule has 1 saturated heterocycles. The number of benzene rings is 2. The Morgan fingerprint density at radius 2 is 1.63 bits per heavy atom. The standard InChI is InChI=1S/C22H27N3O2/c1-17-8-9-20(14-18(17)2)22(27)25-12-10-24(11-13-25)16-21(26)23-15-19-6-4-3-5-7-19/h3-9,14H,10-13,15-16H2,1-2H3,(H,23,26). The number of piperazine rings is 1. The molecule has 3 rings (SSSR count). The highest BCUT2D eigenvalue weighted by molar-refractivity contribution is 5.94. The number of hydrogen-bond acceptors (Lipinski definition) is 3. The van der Waals surface area contributed by atoms with Crippen LogP contribution >= 0.6 is 0 Å². The molecule has 27 heavy (non-hydrogen) atoms. The Kier molecular flexibility index (Phi) is 6.24. The quantitative estimate of drug-likeness (QED) is 0.885. The first kappa shape index (κ1) is 19.1. The van der Waals surface area contributed by atoms with Crippen LogP contribution < -0.4 is 5.32 Å². The van der Waals surface area contributed by atoms with Crippen LogP contribution in [-0.2, 0) is 11.3 Å². The van der Waals surface area contributed by atoms with Crippen molar-refractivity contribution in [3.05, 3.63) is 70.8 Å². The van der Waals surface area contributed by atoms with Gasteiger partial charge < -0.3 is 10.2 Å². The summed E-state index contributed by atoms with van der Waals surface area (Å²) in [6, 6.07) is 15.7. The Balaban J connectivity index is 1.45. The molecule has 0 radical (unpaired) electrons. The Morgan fingerprint density at radius 3 is 2.30 bits per heavy atom. The molecule has 1 aliphatic heterocycles. The maximum absolute atomic E-state index is 12.7. The molecular weight excluding hydrogens is 338 g/mol. The van der Waals surface area contributed by atoms with Crippen molar-refractivity contribution in [3.63, 3.8) is 0 Å². The minimum absolute atomic E-state index is 0.0211. The van der Waals surface area contributed by atoms with Crippen LogP contribution in [0.3, 0.4) is 0 Å². The molecular formula is C22H27N3O2. The first-order valence-electron chi connectivity index (χ1n) is 9.42. The van der Waals surface area contributed by atoms with Crippen molar-refractivity contribution < 1.29 is 9.59 Å². The molecule has 5 nitrogen and oxygen atoms in total. The molecule has 0 unspecified atom stereocenters. The first-order valence-corrected chi connectivity index (χ1v) is 9.42. The summed E-state index contributed by atoms with van der Waals surface area (Å²) in [4.78, 5) is 28.8. The second kappa shape index (κ2) is 8.82. The van der Waals surface area contributed by atoms with Crippen LogP contribution in [0.1, 0.15) is 27.0 Å². The summed E-state index contributed by atoms with van der Waals surface area (Å²) < 4.78 is 0. The van der Waals surface area contributed by atoms with Gasteiger partial charge in [0.15, 0.2) is 0 Å². The molecule has 1 fully saturated rings. The van der Waals surface area contributed by atoms with E-state index in [4.69, 9.17) is 0 Å². The van der Waals surface area contributed by atoms with Crippen molar-refractivity contribution >= 4 is 11.8 Å². The maximum atomic E-state index is 12.7. The molecule has 2 amide bonds. The zero-order chi connectivity index (χ0) is 19.2. The molecule has 1 heterocycles. The normalized spacial score (nSPS) is 14.8. The van der Waals surface area contributed by atoms with Crippen LogP contribution in [0, 0.1) is 13.8 Å². The van der Waals surface area contributed by atoms with Crippen molar-refractivity contribution in [1.82, 2.24) is 15.1 Å². The lowest BCUT2D eigenvalue weighted by atomic mass is 10.1. The molecule has 5 heteroatoms. The summed E-state index contributed by atoms with van der Waals surface area (Å²) in [6.45, 7) is 7.73. The van der Waals surface area contributed by atoms with Gasteiger partial charge in [-0.2, -0.15) is 0 Å². The summed E-state index contributed by atoms with van der Waals surface area (Å²) in [5.41, 5.74) is 4.16. The van der Waals surface area contributed by atoms with Crippen molar-refractivity contribution in [1.29, 1.82) is 0 Å². The fourth-order valence-electron chi connectivity index (χ4n) is 3.22. The number of hydrogen-bond donors (Lipinski definition) is 1. The summed E-state index contributed by atoms with van der Waals surface area (Å²) >= 11 is 0. The van der Waals surface area contributed by atoms with Crippen molar-refractivity contribution in [2.24, 2.45) is 0 Å². The predicted molar refractivity (Wildman–Crippen MR) is 107 cm³/mol. The van der Waals surface area contributed by atoms with Gasteiger partial charge in [0.25, 0.3) is 5.91 Å². The van der Waals surface area contributed by atoms with Crippen molar-refractivity contribution in [2.45, 2.75) is 20.4 Å². The fraction of sp³-hybridized carbons (Fsp3) is 0.364. The first-order chi connectivity index (χ1) is 13.0. The third-order valence-corrected chi connectivity index (χ3v) is 5.11. The Hall–Kier alpha value is -2.66. The minimum Gasteiger partial charge on any atom is -0.351 e. The maximum Gasteiger partial charge on any atom is 0.253 e. The van der Waals surface area contributed by atoms with E-state index < -0.39 is 0 Å². The van der Waals surface area contributed by atoms with Gasteiger partial charge in [-0.05, 0) is 42.7 Å². The van der Waals surface area contributed by atoms with Gasteiger partial charge in [0.05, 0.1) is 6.54 Å². The third kappa shape index (κ3) is 5.17. The molecule has 2 aromatic rings. The molecule has 0 atom stereocenters. The van der Waals surface area contributed by atoms with Crippen molar-refractivity contribution in [3.8, 4) is 0 Å². The molecule has 0 saturated carbocycles. The SMILES string of the molecule is Cc1ccc(C(=O)N2CCN(CC(=O)NCc3ccccc3)CC2)cc1C. The number of amides is 2. The van der Waals surface area contributed by atoms with Gasteiger partial charge in [0.1, 0.15) is 0 Å². The lowest BCUT2D eigenvalue weighted by Crippen LogP contribution is -2.51. The van der Waals surface area contributed by atoms with Gasteiger partial charge in [-0.15, -0.1) is 0 Å². The van der Waals surface area contributed by atoms with E-state index in [0.29, 0.717) is 26.2 Å². The monoisotopic (exact) mass is 365 g/mol. The molecule has 0 bridgehead atoms. The van der Waals surface area contributed by atoms with E-state index in [1.54, 1.807) is 0 Å². The van der Waals surface area contributed by atoms with Gasteiger partial charge in [0, 0.05) is 38.3 Å². The number of nitrogens with one attached hydrogen (secondary N) is 1. The van der Waals surface area contributed by atoms with E-state index in [-0.39, 0.29) is 11.8 Å². The third-order valence-electron chi connectivity index (χ3n) is 5.11. The Labute approximate surface area is 161 Å². The Morgan fingerprint density at radius 1 is 0.926 bits per heavy atom. The van der Waals surface area contributed by atoms with Gasteiger partial charge in [0.2, 0.25) is 5.91 Å². The molecule has 0 spiro atoms. The van der Waals surface area contributed by atoms with E-state index >= 15 is 0 Å². The molecule has 2 aromatic carbocycles. The van der Waals surface area contributed by atoms with Crippen LogP contribution in [0.15, 0.2) is 48.5 Å². The summed E-state index contributed by atoms with van der Waals surface area (Å²) in [7, 11) is 0. The molecule has 0 aliphatic carbocycles. The fourth-order valence-corrected chi connectivity index (χ4v) is 3.22. The topological polar surface area (TPSA) is 52.7 Å². The van der Waals surface area contributed by atoms with E-state index in [1.165, 1.54) is 5.56 Å². The lowest BCUT2D eigenvalue weighted by molar-refractivity contribution is -0.122. The average Bonchev–Trinajstić information content (AvgIpc) is 2.69. The highest BCUT2D eigenvalue weighted by Crippen LogP contribution is 2.13. The summed E-state index contributed by atoms with van der Waals surface area (Å²) in [5, 5.41) is 2.96. The second-order valence-electron chi connectivity index (χ2n) is 7.13. The van der Waals surface area contributed by atoms with Gasteiger partial charge in [-0.1, -0.05) is 36.4 Å². The van der Waals surface area contributed by atoms with Crippen LogP contribution in [-0.4, -0.2) is 54.3 Å². The highest BCUT2D eigenvalue weighted by Gasteiger charge is 2.23. The molecule has 1 aliphatic rings. The predicted octanol–water partition coefficient (Wildman–Crippen LogP) is 2.38. The van der Waals surface area contributed by atoms with Crippen LogP contribution in [0.5, 0.6) is 0 Å². The molecule has 142 valence electrons. The average molecular weight is 365 g/mol. The second-order valence-corrected chi connectivity index (χ2v) is 7.13. The van der Waals surface area contributed by atoms with Crippen LogP contribution in [0.4, 0.5) is 0 Å². The Bertz CT molecular complexity index is 796. The number of carbonyl (C=O) groups is 2. The number of carbonyl (C=O) groups excluding carboxylic acids is 2. The summed E-state index contributed by atoms with van der Waals surface area (Å²) in [6.07, 6.45) is 0. The highest BCUT2D eigenvalue weighted by atomic mass is 16.2. The van der Waals surface area contributed by atoms with E-state index in [9.17, 15) is 9.59 Å². The van der Waals surface area contributed by atoms with Gasteiger partial charge >= 0.3 is 0 Å². The van der Waals surface area contributed by atoms with Crippen LogP contribution in [0.25, 0.3) is 0 Å². The van der Waals surface area contributed by atoms with Gasteiger partial charge in [-0.25, -0.2) is 0 Å². The number of nitrogens with zero attached hydrogens (tertiary/aromatic N) is 2. The largest absolute Gasteiger partial charge is 0.351 e. The number of aryl methyl sites for hydroxylation is 2. The van der Waals surface area contributed by atoms with E-state index in [2.05, 4.69) is 10.2 Å². The zero-order valence-corrected chi connectivity index (χ0v) is 16.1. The molecule has 1 N–H and O–H groups in total. The smallest absolute Gasteiger partial charge is 0.253 e. The van der Waals surface area contributed by atoms with E-state index in [0.717, 1.165) is 29.8 Å². The minimum atomic E-state index is 0.0211. The lowest BCUT2D eigenvalue weighted by Gasteiger charge is -2.34. The van der Waals surface area contributed by atoms with Crippen molar-refractivity contribution in [2.75, 3.05) is 32.7 Å². The zero-order valence-electron chi connectivity index (χ0n) is 16.1. The summed E-state index contributed by atoms with van der Waals surface area (Å²) in [5.74, 6) is 0.0964. The molecule has 0 aromatic heterocycles. The number of rotatable bonds is 5. The van der Waals surface area contributed by atoms with E-state index in [1.807, 2.05) is 67.3 Å². The van der Waals surface area contributed by atoms with Gasteiger partial charge in [-0.3, -0.25) is 14.5 Å².